The van der Waals surface area contributed by atoms with Crippen molar-refractivity contribution in [1.29, 1.82) is 0 Å². The molecule has 0 unspecified atom stereocenters. The Bertz CT molecular complexity index is 617. The highest BCUT2D eigenvalue weighted by Gasteiger charge is 2.36. The van der Waals surface area contributed by atoms with Crippen molar-refractivity contribution in [3.05, 3.63) is 29.6 Å². The predicted octanol–water partition coefficient (Wildman–Crippen LogP) is 2.77. The van der Waals surface area contributed by atoms with E-state index in [9.17, 15) is 18.0 Å². The summed E-state index contributed by atoms with van der Waals surface area (Å²) >= 11 is 0. The molecule has 0 atom stereocenters. The largest absolute Gasteiger partial charge is 0.478 e. The average Bonchev–Trinajstić information content (AvgIpc) is 2.68. The van der Waals surface area contributed by atoms with E-state index in [-0.39, 0.29) is 5.52 Å². The van der Waals surface area contributed by atoms with Gasteiger partial charge in [0.2, 0.25) is 0 Å². The summed E-state index contributed by atoms with van der Waals surface area (Å²) in [4.78, 5) is 14.7. The molecule has 1 aromatic carbocycles. The van der Waals surface area contributed by atoms with Crippen molar-refractivity contribution in [2.24, 2.45) is 0 Å². The van der Waals surface area contributed by atoms with Crippen molar-refractivity contribution < 1.29 is 23.1 Å². The number of nitrogens with zero attached hydrogens (tertiary/aromatic N) is 2. The summed E-state index contributed by atoms with van der Waals surface area (Å²) < 4.78 is 39.8. The zero-order valence-corrected chi connectivity index (χ0v) is 9.32. The lowest BCUT2D eigenvalue weighted by atomic mass is 10.1. The number of imidazole rings is 1. The van der Waals surface area contributed by atoms with Gasteiger partial charge in [0.05, 0.1) is 28.5 Å². The molecule has 0 aliphatic carbocycles. The van der Waals surface area contributed by atoms with E-state index in [2.05, 4.69) is 4.98 Å². The van der Waals surface area contributed by atoms with E-state index in [1.165, 1.54) is 6.33 Å². The number of hydrogen-bond donors (Lipinski definition) is 1. The Labute approximate surface area is 99.7 Å². The third kappa shape index (κ3) is 1.92. The summed E-state index contributed by atoms with van der Waals surface area (Å²) in [6.07, 6.45) is -3.33. The smallest absolute Gasteiger partial charge is 0.417 e. The quantitative estimate of drug-likeness (QED) is 0.901. The molecule has 0 aliphatic heterocycles. The third-order valence-electron chi connectivity index (χ3n) is 2.64. The Morgan fingerprint density at radius 3 is 2.61 bits per heavy atom. The van der Waals surface area contributed by atoms with Crippen molar-refractivity contribution in [1.82, 2.24) is 9.55 Å². The number of benzene rings is 1. The molecule has 0 spiro atoms. The zero-order chi connectivity index (χ0) is 13.5. The van der Waals surface area contributed by atoms with Gasteiger partial charge in [-0.15, -0.1) is 0 Å². The van der Waals surface area contributed by atoms with Crippen LogP contribution in [-0.2, 0) is 12.7 Å². The Hall–Kier alpha value is -2.05. The van der Waals surface area contributed by atoms with Gasteiger partial charge in [0.25, 0.3) is 0 Å². The van der Waals surface area contributed by atoms with E-state index in [4.69, 9.17) is 5.11 Å². The molecule has 18 heavy (non-hydrogen) atoms. The number of carboxylic acids is 1. The molecule has 0 fully saturated rings. The number of hydrogen-bond acceptors (Lipinski definition) is 2. The first-order valence-corrected chi connectivity index (χ1v) is 5.14. The molecular formula is C11H9F3N2O2. The summed E-state index contributed by atoms with van der Waals surface area (Å²) in [6, 6.07) is 1.78. The topological polar surface area (TPSA) is 55.1 Å². The Morgan fingerprint density at radius 2 is 2.11 bits per heavy atom. The zero-order valence-electron chi connectivity index (χ0n) is 9.32. The van der Waals surface area contributed by atoms with E-state index >= 15 is 0 Å². The van der Waals surface area contributed by atoms with Gasteiger partial charge in [-0.2, -0.15) is 13.2 Å². The van der Waals surface area contributed by atoms with Gasteiger partial charge in [0.1, 0.15) is 0 Å². The van der Waals surface area contributed by atoms with Crippen LogP contribution in [-0.4, -0.2) is 20.6 Å². The van der Waals surface area contributed by atoms with Crippen LogP contribution in [0.2, 0.25) is 0 Å². The number of halogens is 3. The van der Waals surface area contributed by atoms with Crippen LogP contribution in [0.15, 0.2) is 18.5 Å². The number of alkyl halides is 3. The summed E-state index contributed by atoms with van der Waals surface area (Å²) in [5, 5.41) is 8.86. The van der Waals surface area contributed by atoms with Gasteiger partial charge in [-0.25, -0.2) is 9.78 Å². The number of fused-ring (bicyclic) bond motifs is 1. The number of aryl methyl sites for hydroxylation is 1. The minimum Gasteiger partial charge on any atom is -0.478 e. The summed E-state index contributed by atoms with van der Waals surface area (Å²) in [5.74, 6) is -1.60. The van der Waals surface area contributed by atoms with Gasteiger partial charge in [0.15, 0.2) is 0 Å². The molecular weight excluding hydrogens is 249 g/mol. The van der Waals surface area contributed by atoms with Crippen molar-refractivity contribution in [2.75, 3.05) is 0 Å². The molecule has 0 saturated heterocycles. The van der Waals surface area contributed by atoms with E-state index in [1.54, 1.807) is 11.5 Å². The lowest BCUT2D eigenvalue weighted by molar-refractivity contribution is -0.138. The molecule has 1 aromatic heterocycles. The van der Waals surface area contributed by atoms with Gasteiger partial charge >= 0.3 is 12.1 Å². The molecule has 96 valence electrons. The maximum Gasteiger partial charge on any atom is 0.417 e. The monoisotopic (exact) mass is 258 g/mol. The summed E-state index contributed by atoms with van der Waals surface area (Å²) in [5.41, 5.74) is -1.42. The van der Waals surface area contributed by atoms with Crippen LogP contribution < -0.4 is 0 Å². The van der Waals surface area contributed by atoms with Crippen LogP contribution in [0.25, 0.3) is 11.0 Å². The fourth-order valence-electron chi connectivity index (χ4n) is 1.77. The summed E-state index contributed by atoms with van der Waals surface area (Å²) in [7, 11) is 0. The van der Waals surface area contributed by atoms with E-state index in [0.29, 0.717) is 12.1 Å². The number of rotatable bonds is 2. The second kappa shape index (κ2) is 4.01. The third-order valence-corrected chi connectivity index (χ3v) is 2.64. The highest BCUT2D eigenvalue weighted by atomic mass is 19.4. The lowest BCUT2D eigenvalue weighted by Crippen LogP contribution is -2.13. The molecule has 0 radical (unpaired) electrons. The van der Waals surface area contributed by atoms with Crippen molar-refractivity contribution >= 4 is 17.0 Å². The van der Waals surface area contributed by atoms with E-state index in [1.807, 2.05) is 0 Å². The maximum absolute atomic E-state index is 12.7. The Kier molecular flexibility index (Phi) is 2.76. The molecule has 1 N–H and O–H groups in total. The van der Waals surface area contributed by atoms with Gasteiger partial charge < -0.3 is 9.67 Å². The van der Waals surface area contributed by atoms with Crippen LogP contribution in [0, 0.1) is 0 Å². The molecule has 2 aromatic rings. The molecule has 0 bridgehead atoms. The fourth-order valence-corrected chi connectivity index (χ4v) is 1.77. The van der Waals surface area contributed by atoms with Crippen LogP contribution in [0.1, 0.15) is 22.8 Å². The van der Waals surface area contributed by atoms with Gasteiger partial charge in [0, 0.05) is 6.54 Å². The van der Waals surface area contributed by atoms with Crippen LogP contribution in [0.5, 0.6) is 0 Å². The SMILES string of the molecule is CCn1cnc2cc(C(F)(F)F)c(C(=O)O)cc21. The van der Waals surface area contributed by atoms with Crippen LogP contribution in [0.3, 0.4) is 0 Å². The number of carbonyl (C=O) groups is 1. The minimum absolute atomic E-state index is 0.133. The van der Waals surface area contributed by atoms with Gasteiger partial charge in [-0.05, 0) is 19.1 Å². The second-order valence-corrected chi connectivity index (χ2v) is 3.72. The fraction of sp³-hybridized carbons (Fsp3) is 0.273. The summed E-state index contributed by atoms with van der Waals surface area (Å²) in [6.45, 7) is 2.29. The molecule has 0 aliphatic rings. The van der Waals surface area contributed by atoms with Crippen LogP contribution in [0.4, 0.5) is 13.2 Å². The highest BCUT2D eigenvalue weighted by Crippen LogP contribution is 2.34. The average molecular weight is 258 g/mol. The lowest BCUT2D eigenvalue weighted by Gasteiger charge is -2.10. The second-order valence-electron chi connectivity index (χ2n) is 3.72. The van der Waals surface area contributed by atoms with Gasteiger partial charge in [-0.1, -0.05) is 0 Å². The Balaban J connectivity index is 2.79. The highest BCUT2D eigenvalue weighted by molar-refractivity contribution is 5.94. The molecule has 4 nitrogen and oxygen atoms in total. The molecule has 1 heterocycles. The number of carboxylic acid groups (broad SMARTS) is 1. The first-order chi connectivity index (χ1) is 8.34. The first kappa shape index (κ1) is 12.4. The Morgan fingerprint density at radius 1 is 1.44 bits per heavy atom. The van der Waals surface area contributed by atoms with Crippen LogP contribution >= 0.6 is 0 Å². The van der Waals surface area contributed by atoms with E-state index in [0.717, 1.165) is 12.1 Å². The molecule has 7 heteroatoms. The molecule has 2 rings (SSSR count). The number of aromatic carboxylic acids is 1. The predicted molar refractivity (Wildman–Crippen MR) is 57.4 cm³/mol. The molecule has 0 saturated carbocycles. The van der Waals surface area contributed by atoms with E-state index < -0.39 is 23.3 Å². The first-order valence-electron chi connectivity index (χ1n) is 5.14. The van der Waals surface area contributed by atoms with Crippen molar-refractivity contribution in [2.45, 2.75) is 19.6 Å². The van der Waals surface area contributed by atoms with Crippen molar-refractivity contribution in [3.63, 3.8) is 0 Å². The van der Waals surface area contributed by atoms with Gasteiger partial charge in [-0.3, -0.25) is 0 Å². The maximum atomic E-state index is 12.7. The van der Waals surface area contributed by atoms with Crippen molar-refractivity contribution in [3.8, 4) is 0 Å². The molecule has 0 amide bonds. The standard InChI is InChI=1S/C11H9F3N2O2/c1-2-16-5-15-8-4-7(11(12,13)14)6(10(17)18)3-9(8)16/h3-5H,2H2,1H3,(H,17,18). The minimum atomic E-state index is -4.71. The number of aromatic nitrogens is 2. The normalized spacial score (nSPS) is 12.0.